The average molecular weight is 1520 g/mol. The van der Waals surface area contributed by atoms with Crippen molar-refractivity contribution in [2.24, 2.45) is 0 Å². The zero-order chi connectivity index (χ0) is 77.2. The molecule has 0 spiro atoms. The maximum absolute atomic E-state index is 13.5. The molecule has 9 N–H and O–H groups in total. The summed E-state index contributed by atoms with van der Waals surface area (Å²) in [7, 11) is 0. The van der Waals surface area contributed by atoms with Crippen molar-refractivity contribution >= 4 is 5.91 Å². The van der Waals surface area contributed by atoms with Gasteiger partial charge >= 0.3 is 0 Å². The first-order valence-corrected chi connectivity index (χ1v) is 47.8. The highest BCUT2D eigenvalue weighted by atomic mass is 16.7. The van der Waals surface area contributed by atoms with Crippen molar-refractivity contribution < 1.29 is 64.6 Å². The van der Waals surface area contributed by atoms with Gasteiger partial charge in [-0.3, -0.25) is 4.79 Å². The minimum absolute atomic E-state index is 0.193. The van der Waals surface area contributed by atoms with Crippen molar-refractivity contribution in [3.8, 4) is 0 Å². The van der Waals surface area contributed by atoms with Gasteiger partial charge in [0.2, 0.25) is 5.91 Å². The number of aliphatic hydroxyl groups is 8. The molecule has 638 valence electrons. The lowest BCUT2D eigenvalue weighted by atomic mass is 9.97. The molecule has 2 aliphatic heterocycles. The van der Waals surface area contributed by atoms with Gasteiger partial charge in [0.25, 0.3) is 0 Å². The molecule has 0 saturated carbocycles. The van der Waals surface area contributed by atoms with Crippen LogP contribution < -0.4 is 5.32 Å². The van der Waals surface area contributed by atoms with Gasteiger partial charge in [0.1, 0.15) is 48.8 Å². The Balaban J connectivity index is 1.52. The summed E-state index contributed by atoms with van der Waals surface area (Å²) in [6.07, 6.45) is 83.6. The number of hydrogen-bond donors (Lipinski definition) is 9. The van der Waals surface area contributed by atoms with E-state index in [1.165, 1.54) is 417 Å². The minimum Gasteiger partial charge on any atom is -0.394 e. The molecule has 12 unspecified atom stereocenters. The number of amides is 1. The van der Waals surface area contributed by atoms with E-state index in [1.54, 1.807) is 0 Å². The van der Waals surface area contributed by atoms with Crippen molar-refractivity contribution in [1.82, 2.24) is 5.32 Å². The van der Waals surface area contributed by atoms with E-state index in [1.807, 2.05) is 0 Å². The summed E-state index contributed by atoms with van der Waals surface area (Å²) in [5.74, 6) is -0.193. The molecule has 14 heteroatoms. The second-order valence-electron chi connectivity index (χ2n) is 34.2. The first kappa shape index (κ1) is 102. The van der Waals surface area contributed by atoms with E-state index in [9.17, 15) is 45.6 Å². The molecule has 12 atom stereocenters. The smallest absolute Gasteiger partial charge is 0.220 e. The molecule has 0 aromatic carbocycles. The zero-order valence-corrected chi connectivity index (χ0v) is 70.7. The summed E-state index contributed by atoms with van der Waals surface area (Å²) in [4.78, 5) is 13.5. The highest BCUT2D eigenvalue weighted by molar-refractivity contribution is 5.76. The van der Waals surface area contributed by atoms with Gasteiger partial charge in [0.05, 0.1) is 32.0 Å². The molecule has 14 nitrogen and oxygen atoms in total. The van der Waals surface area contributed by atoms with Crippen molar-refractivity contribution in [2.75, 3.05) is 19.8 Å². The van der Waals surface area contributed by atoms with E-state index in [-0.39, 0.29) is 12.5 Å². The Labute approximate surface area is 661 Å². The fourth-order valence-corrected chi connectivity index (χ4v) is 16.6. The van der Waals surface area contributed by atoms with Crippen LogP contribution in [0.3, 0.4) is 0 Å². The standard InChI is InChI=1S/C93H183NO13/c1-3-5-7-9-11-13-15-17-19-21-23-25-27-29-31-33-35-37-38-39-40-41-42-43-44-45-47-49-51-53-55-57-59-61-63-65-67-69-71-73-75-77-85(98)94-81(80-104-92-90(103)88(101)91(84(79-96)106-92)107-93-89(102)87(100)86(99)83(78-95)105-93)82(97)76-74-72-70-68-66-64-62-60-58-56-54-52-50-48-46-36-34-32-30-28-26-24-22-20-18-16-14-12-10-8-6-4-2/h81-84,86-93,95-97,99-103H,3-80H2,1-2H3,(H,94,98). The van der Waals surface area contributed by atoms with Crippen molar-refractivity contribution in [3.63, 3.8) is 0 Å². The first-order valence-electron chi connectivity index (χ1n) is 47.8. The number of hydrogen-bond acceptors (Lipinski definition) is 13. The van der Waals surface area contributed by atoms with Crippen molar-refractivity contribution in [2.45, 2.75) is 569 Å². The number of carbonyl (C=O) groups is 1. The predicted octanol–water partition coefficient (Wildman–Crippen LogP) is 23.8. The Morgan fingerprint density at radius 2 is 0.533 bits per heavy atom. The summed E-state index contributed by atoms with van der Waals surface area (Å²) in [6.45, 7) is 2.97. The molecular formula is C93H183NO13. The Hall–Kier alpha value is -1.01. The van der Waals surface area contributed by atoms with E-state index in [0.717, 1.165) is 51.4 Å². The molecule has 2 rings (SSSR count). The largest absolute Gasteiger partial charge is 0.394 e. The van der Waals surface area contributed by atoms with Crippen LogP contribution in [-0.2, 0) is 23.7 Å². The molecule has 2 fully saturated rings. The van der Waals surface area contributed by atoms with Crippen molar-refractivity contribution in [1.29, 1.82) is 0 Å². The monoisotopic (exact) mass is 1520 g/mol. The van der Waals surface area contributed by atoms with Crippen LogP contribution in [0.15, 0.2) is 0 Å². The topological polar surface area (TPSA) is 228 Å². The Bertz CT molecular complexity index is 1800. The first-order chi connectivity index (χ1) is 52.6. The van der Waals surface area contributed by atoms with Crippen LogP contribution in [-0.4, -0.2) is 140 Å². The molecule has 2 saturated heterocycles. The molecule has 1 amide bonds. The lowest BCUT2D eigenvalue weighted by Crippen LogP contribution is -2.65. The maximum Gasteiger partial charge on any atom is 0.220 e. The maximum atomic E-state index is 13.5. The SMILES string of the molecule is CCCCCCCCCCCCCCCCCCCCCCCCCCCCCCCCCCCCCCCCCCCC(=O)NC(COC1OC(CO)C(OC2OC(CO)C(O)C(O)C2O)C(O)C1O)C(O)CCCCCCCCCCCCCCCCCCCCCCCCCCCCCCCCCC. The number of ether oxygens (including phenoxy) is 4. The fourth-order valence-electron chi connectivity index (χ4n) is 16.6. The second kappa shape index (κ2) is 77.6. The number of unbranched alkanes of at least 4 members (excludes halogenated alkanes) is 71. The quantitative estimate of drug-likeness (QED) is 0.0259. The molecule has 2 aliphatic rings. The lowest BCUT2D eigenvalue weighted by Gasteiger charge is -2.46. The predicted molar refractivity (Wildman–Crippen MR) is 448 cm³/mol. The number of carbonyl (C=O) groups excluding carboxylic acids is 1. The van der Waals surface area contributed by atoms with Crippen LogP contribution in [0.4, 0.5) is 0 Å². The molecule has 0 bridgehead atoms. The van der Waals surface area contributed by atoms with Gasteiger partial charge in [0.15, 0.2) is 12.6 Å². The molecule has 107 heavy (non-hydrogen) atoms. The third kappa shape index (κ3) is 59.3. The molecule has 0 aromatic heterocycles. The summed E-state index contributed by atoms with van der Waals surface area (Å²) < 4.78 is 23.1. The van der Waals surface area contributed by atoms with E-state index in [0.29, 0.717) is 12.8 Å². The van der Waals surface area contributed by atoms with Crippen LogP contribution in [0.25, 0.3) is 0 Å². The van der Waals surface area contributed by atoms with Gasteiger partial charge in [0, 0.05) is 6.42 Å². The molecular weight excluding hydrogens is 1340 g/mol. The van der Waals surface area contributed by atoms with E-state index < -0.39 is 86.8 Å². The third-order valence-electron chi connectivity index (χ3n) is 24.1. The zero-order valence-electron chi connectivity index (χ0n) is 70.7. The van der Waals surface area contributed by atoms with Gasteiger partial charge in [-0.05, 0) is 12.8 Å². The van der Waals surface area contributed by atoms with Crippen LogP contribution in [0.2, 0.25) is 0 Å². The van der Waals surface area contributed by atoms with Crippen LogP contribution >= 0.6 is 0 Å². The Morgan fingerprint density at radius 1 is 0.299 bits per heavy atom. The van der Waals surface area contributed by atoms with Crippen LogP contribution in [0.5, 0.6) is 0 Å². The van der Waals surface area contributed by atoms with E-state index in [4.69, 9.17) is 18.9 Å². The third-order valence-corrected chi connectivity index (χ3v) is 24.1. The molecule has 0 aromatic rings. The summed E-state index contributed by atoms with van der Waals surface area (Å²) >= 11 is 0. The molecule has 0 aliphatic carbocycles. The minimum atomic E-state index is -1.78. The number of rotatable bonds is 84. The average Bonchev–Trinajstić information content (AvgIpc) is 0.789. The van der Waals surface area contributed by atoms with Gasteiger partial charge in [-0.25, -0.2) is 0 Å². The fraction of sp³-hybridized carbons (Fsp3) is 0.989. The number of aliphatic hydroxyl groups excluding tert-OH is 8. The summed E-state index contributed by atoms with van der Waals surface area (Å²) in [5.41, 5.74) is 0. The van der Waals surface area contributed by atoms with Crippen LogP contribution in [0, 0.1) is 0 Å². The highest BCUT2D eigenvalue weighted by Gasteiger charge is 2.51. The summed E-state index contributed by atoms with van der Waals surface area (Å²) in [6, 6.07) is -0.827. The van der Waals surface area contributed by atoms with Gasteiger partial charge in [-0.15, -0.1) is 0 Å². The molecule has 2 heterocycles. The van der Waals surface area contributed by atoms with Gasteiger partial charge in [-0.1, -0.05) is 476 Å². The number of nitrogens with one attached hydrogen (secondary N) is 1. The second-order valence-corrected chi connectivity index (χ2v) is 34.2. The van der Waals surface area contributed by atoms with Gasteiger partial charge in [-0.2, -0.15) is 0 Å². The Morgan fingerprint density at radius 3 is 0.794 bits per heavy atom. The van der Waals surface area contributed by atoms with E-state index in [2.05, 4.69) is 19.2 Å². The Kier molecular flexibility index (Phi) is 74.0. The van der Waals surface area contributed by atoms with Gasteiger partial charge < -0.3 is 65.1 Å². The van der Waals surface area contributed by atoms with Crippen molar-refractivity contribution in [3.05, 3.63) is 0 Å². The van der Waals surface area contributed by atoms with Crippen LogP contribution in [0.1, 0.15) is 495 Å². The van der Waals surface area contributed by atoms with E-state index >= 15 is 0 Å². The highest BCUT2D eigenvalue weighted by Crippen LogP contribution is 2.31. The summed E-state index contributed by atoms with van der Waals surface area (Å²) in [5, 5.41) is 88.1. The normalized spacial score (nSPS) is 21.1. The molecule has 0 radical (unpaired) electrons. The lowest BCUT2D eigenvalue weighted by molar-refractivity contribution is -0.359.